The van der Waals surface area contributed by atoms with E-state index in [0.29, 0.717) is 6.61 Å². The molecule has 0 bridgehead atoms. The quantitative estimate of drug-likeness (QED) is 0.868. The topological polar surface area (TPSA) is 30.5 Å². The Labute approximate surface area is 120 Å². The van der Waals surface area contributed by atoms with Gasteiger partial charge in [0.1, 0.15) is 11.9 Å². The number of benzene rings is 1. The van der Waals surface area contributed by atoms with Gasteiger partial charge in [0.15, 0.2) is 0 Å². The lowest BCUT2D eigenvalue weighted by atomic mass is 10.2. The molecule has 1 heterocycles. The van der Waals surface area contributed by atoms with Crippen LogP contribution in [0.25, 0.3) is 0 Å². The molecule has 0 spiro atoms. The minimum absolute atomic E-state index is 0.165. The van der Waals surface area contributed by atoms with Crippen molar-refractivity contribution in [3.05, 3.63) is 24.3 Å². The van der Waals surface area contributed by atoms with Crippen LogP contribution in [0.2, 0.25) is 0 Å². The molecule has 1 N–H and O–H groups in total. The van der Waals surface area contributed by atoms with Crippen LogP contribution in [-0.4, -0.2) is 37.2 Å². The number of nitrogens with one attached hydrogen (secondary N) is 1. The highest BCUT2D eigenvalue weighted by Crippen LogP contribution is 2.35. The van der Waals surface area contributed by atoms with Crippen LogP contribution in [0, 0.1) is 0 Å². The van der Waals surface area contributed by atoms with Gasteiger partial charge in [0.2, 0.25) is 0 Å². The van der Waals surface area contributed by atoms with Crippen molar-refractivity contribution in [1.82, 2.24) is 5.32 Å². The van der Waals surface area contributed by atoms with Crippen molar-refractivity contribution in [1.29, 1.82) is 0 Å². The molecular formula is C15H23NO2S. The maximum absolute atomic E-state index is 6.12. The zero-order chi connectivity index (χ0) is 13.7. The third-order valence-electron chi connectivity index (χ3n) is 3.05. The van der Waals surface area contributed by atoms with Gasteiger partial charge in [0.25, 0.3) is 0 Å². The fourth-order valence-corrected chi connectivity index (χ4v) is 3.17. The van der Waals surface area contributed by atoms with Crippen LogP contribution in [0.5, 0.6) is 5.75 Å². The third kappa shape index (κ3) is 4.13. The van der Waals surface area contributed by atoms with Crippen LogP contribution in [-0.2, 0) is 4.74 Å². The average molecular weight is 281 g/mol. The van der Waals surface area contributed by atoms with E-state index in [1.807, 2.05) is 23.9 Å². The van der Waals surface area contributed by atoms with Crippen molar-refractivity contribution >= 4 is 11.8 Å². The molecule has 0 fully saturated rings. The maximum Gasteiger partial charge on any atom is 0.133 e. The molecule has 1 aromatic rings. The first-order valence-corrected chi connectivity index (χ1v) is 7.92. The number of likely N-dealkylation sites (N-methyl/N-ethyl adjacent to an activating group) is 1. The molecule has 2 atom stereocenters. The Kier molecular flexibility index (Phi) is 5.55. The van der Waals surface area contributed by atoms with Crippen LogP contribution in [0.15, 0.2) is 29.2 Å². The first-order valence-electron chi connectivity index (χ1n) is 6.94. The van der Waals surface area contributed by atoms with Crippen LogP contribution in [0.4, 0.5) is 0 Å². The molecule has 4 heteroatoms. The molecule has 1 aliphatic rings. The summed E-state index contributed by atoms with van der Waals surface area (Å²) in [6.45, 7) is 7.87. The molecule has 0 saturated carbocycles. The van der Waals surface area contributed by atoms with E-state index in [1.54, 1.807) is 0 Å². The van der Waals surface area contributed by atoms with E-state index in [0.717, 1.165) is 18.0 Å². The summed E-state index contributed by atoms with van der Waals surface area (Å²) in [6.07, 6.45) is 0.420. The van der Waals surface area contributed by atoms with Crippen LogP contribution < -0.4 is 10.1 Å². The van der Waals surface area contributed by atoms with E-state index < -0.39 is 0 Å². The van der Waals surface area contributed by atoms with Gasteiger partial charge in [-0.2, -0.15) is 0 Å². The lowest BCUT2D eigenvalue weighted by molar-refractivity contribution is 0.0322. The summed E-state index contributed by atoms with van der Waals surface area (Å²) in [7, 11) is 0. The van der Waals surface area contributed by atoms with Gasteiger partial charge in [-0.25, -0.2) is 0 Å². The number of thioether (sulfide) groups is 1. The Balaban J connectivity index is 1.99. The standard InChI is InChI=1S/C15H23NO2S/c1-4-16-12(9-17-11(2)3)14-10-19-15-8-6-5-7-13(15)18-14/h5-8,11-12,14,16H,4,9-10H2,1-3H3. The summed E-state index contributed by atoms with van der Waals surface area (Å²) < 4.78 is 11.9. The third-order valence-corrected chi connectivity index (χ3v) is 4.20. The molecule has 2 unspecified atom stereocenters. The highest BCUT2D eigenvalue weighted by Gasteiger charge is 2.28. The number of ether oxygens (including phenoxy) is 2. The minimum atomic E-state index is 0.165. The SMILES string of the molecule is CCNC(COC(C)C)C1CSc2ccccc2O1. The Bertz CT molecular complexity index is 397. The van der Waals surface area contributed by atoms with Gasteiger partial charge >= 0.3 is 0 Å². The largest absolute Gasteiger partial charge is 0.487 e. The summed E-state index contributed by atoms with van der Waals surface area (Å²) in [5, 5.41) is 3.48. The molecule has 0 aromatic heterocycles. The monoisotopic (exact) mass is 281 g/mol. The van der Waals surface area contributed by atoms with Crippen LogP contribution >= 0.6 is 11.8 Å². The van der Waals surface area contributed by atoms with Crippen LogP contribution in [0.3, 0.4) is 0 Å². The highest BCUT2D eigenvalue weighted by molar-refractivity contribution is 7.99. The molecular weight excluding hydrogens is 258 g/mol. The Morgan fingerprint density at radius 2 is 2.21 bits per heavy atom. The summed E-state index contributed by atoms with van der Waals surface area (Å²) in [4.78, 5) is 1.23. The first kappa shape index (κ1) is 14.7. The fourth-order valence-electron chi connectivity index (χ4n) is 2.09. The van der Waals surface area contributed by atoms with Gasteiger partial charge < -0.3 is 14.8 Å². The zero-order valence-electron chi connectivity index (χ0n) is 11.9. The molecule has 1 aromatic carbocycles. The minimum Gasteiger partial charge on any atom is -0.487 e. The lowest BCUT2D eigenvalue weighted by Gasteiger charge is -2.32. The number of rotatable bonds is 6. The van der Waals surface area contributed by atoms with E-state index in [2.05, 4.69) is 38.2 Å². The molecule has 3 nitrogen and oxygen atoms in total. The number of hydrogen-bond donors (Lipinski definition) is 1. The van der Waals surface area contributed by atoms with Gasteiger partial charge in [0.05, 0.1) is 18.8 Å². The molecule has 0 radical (unpaired) electrons. The van der Waals surface area contributed by atoms with E-state index in [-0.39, 0.29) is 18.2 Å². The maximum atomic E-state index is 6.12. The van der Waals surface area contributed by atoms with Crippen molar-refractivity contribution in [3.63, 3.8) is 0 Å². The first-order chi connectivity index (χ1) is 9.20. The van der Waals surface area contributed by atoms with Gasteiger partial charge in [-0.1, -0.05) is 19.1 Å². The van der Waals surface area contributed by atoms with Crippen molar-refractivity contribution in [2.24, 2.45) is 0 Å². The molecule has 0 aliphatic carbocycles. The molecule has 1 aliphatic heterocycles. The predicted molar refractivity (Wildman–Crippen MR) is 80.1 cm³/mol. The second-order valence-electron chi connectivity index (χ2n) is 4.96. The van der Waals surface area contributed by atoms with Crippen LogP contribution in [0.1, 0.15) is 20.8 Å². The lowest BCUT2D eigenvalue weighted by Crippen LogP contribution is -2.48. The van der Waals surface area contributed by atoms with Gasteiger partial charge in [0, 0.05) is 10.6 Å². The van der Waals surface area contributed by atoms with Crippen molar-refractivity contribution < 1.29 is 9.47 Å². The highest BCUT2D eigenvalue weighted by atomic mass is 32.2. The van der Waals surface area contributed by atoms with Gasteiger partial charge in [-0.05, 0) is 32.5 Å². The van der Waals surface area contributed by atoms with Crippen molar-refractivity contribution in [2.45, 2.75) is 43.9 Å². The average Bonchev–Trinajstić information content (AvgIpc) is 2.42. The fraction of sp³-hybridized carbons (Fsp3) is 0.600. The normalized spacial score (nSPS) is 19.9. The summed E-state index contributed by atoms with van der Waals surface area (Å²) in [5.74, 6) is 1.96. The number of fused-ring (bicyclic) bond motifs is 1. The van der Waals surface area contributed by atoms with E-state index in [1.165, 1.54) is 4.90 Å². The van der Waals surface area contributed by atoms with Crippen molar-refractivity contribution in [3.8, 4) is 5.75 Å². The molecule has 106 valence electrons. The van der Waals surface area contributed by atoms with Gasteiger partial charge in [-0.3, -0.25) is 0 Å². The Morgan fingerprint density at radius 3 is 2.95 bits per heavy atom. The number of para-hydroxylation sites is 1. The summed E-state index contributed by atoms with van der Waals surface area (Å²) in [5.41, 5.74) is 0. The van der Waals surface area contributed by atoms with E-state index in [4.69, 9.17) is 9.47 Å². The Hall–Kier alpha value is -0.710. The zero-order valence-corrected chi connectivity index (χ0v) is 12.7. The summed E-state index contributed by atoms with van der Waals surface area (Å²) >= 11 is 1.86. The second kappa shape index (κ2) is 7.17. The Morgan fingerprint density at radius 1 is 1.42 bits per heavy atom. The van der Waals surface area contributed by atoms with E-state index >= 15 is 0 Å². The molecule has 2 rings (SSSR count). The predicted octanol–water partition coefficient (Wildman–Crippen LogP) is 2.94. The molecule has 0 saturated heterocycles. The second-order valence-corrected chi connectivity index (χ2v) is 6.02. The molecule has 0 amide bonds. The summed E-state index contributed by atoms with van der Waals surface area (Å²) in [6, 6.07) is 8.48. The number of hydrogen-bond acceptors (Lipinski definition) is 4. The molecule has 19 heavy (non-hydrogen) atoms. The van der Waals surface area contributed by atoms with E-state index in [9.17, 15) is 0 Å². The van der Waals surface area contributed by atoms with Crippen molar-refractivity contribution in [2.75, 3.05) is 18.9 Å². The smallest absolute Gasteiger partial charge is 0.133 e. The van der Waals surface area contributed by atoms with Gasteiger partial charge in [-0.15, -0.1) is 11.8 Å².